The highest BCUT2D eigenvalue weighted by Gasteiger charge is 2.21. The van der Waals surface area contributed by atoms with Crippen molar-refractivity contribution in [1.82, 2.24) is 9.97 Å². The summed E-state index contributed by atoms with van der Waals surface area (Å²) in [5.74, 6) is 1.62. The molecule has 1 aromatic rings. The van der Waals surface area contributed by atoms with Gasteiger partial charge in [0.1, 0.15) is 12.1 Å². The van der Waals surface area contributed by atoms with E-state index in [1.165, 1.54) is 34.9 Å². The molecule has 4 heteroatoms. The van der Waals surface area contributed by atoms with E-state index in [4.69, 9.17) is 0 Å². The van der Waals surface area contributed by atoms with Gasteiger partial charge in [0, 0.05) is 13.0 Å². The van der Waals surface area contributed by atoms with Crippen LogP contribution in [0.25, 0.3) is 0 Å². The maximum atomic E-state index is 4.41. The molecule has 2 rings (SSSR count). The van der Waals surface area contributed by atoms with E-state index in [2.05, 4.69) is 37.9 Å². The molecule has 1 aliphatic carbocycles. The summed E-state index contributed by atoms with van der Waals surface area (Å²) in [5.41, 5.74) is 1.24. The third-order valence-electron chi connectivity index (χ3n) is 2.80. The van der Waals surface area contributed by atoms with Gasteiger partial charge in [0.05, 0.1) is 9.26 Å². The second-order valence-electron chi connectivity index (χ2n) is 3.65. The van der Waals surface area contributed by atoms with Gasteiger partial charge < -0.3 is 5.32 Å². The Hall–Kier alpha value is -0.390. The van der Waals surface area contributed by atoms with Crippen molar-refractivity contribution in [2.24, 2.45) is 0 Å². The maximum absolute atomic E-state index is 4.41. The van der Waals surface area contributed by atoms with Gasteiger partial charge in [-0.15, -0.1) is 0 Å². The Bertz CT molecular complexity index is 321. The summed E-state index contributed by atoms with van der Waals surface area (Å²) < 4.78 is 1.19. The average Bonchev–Trinajstić information content (AvgIpc) is 2.71. The van der Waals surface area contributed by atoms with Crippen molar-refractivity contribution < 1.29 is 0 Å². The van der Waals surface area contributed by atoms with Crippen LogP contribution in [0.1, 0.15) is 37.3 Å². The fourth-order valence-electron chi connectivity index (χ4n) is 2.04. The molecule has 1 fully saturated rings. The molecule has 0 radical (unpaired) electrons. The number of aromatic nitrogens is 2. The quantitative estimate of drug-likeness (QED) is 0.854. The Morgan fingerprint density at radius 2 is 2.07 bits per heavy atom. The van der Waals surface area contributed by atoms with E-state index in [0.29, 0.717) is 5.92 Å². The lowest BCUT2D eigenvalue weighted by atomic mass is 10.0. The molecule has 0 bridgehead atoms. The highest BCUT2D eigenvalue weighted by Crippen LogP contribution is 2.36. The zero-order chi connectivity index (χ0) is 9.97. The van der Waals surface area contributed by atoms with Gasteiger partial charge in [0.25, 0.3) is 0 Å². The van der Waals surface area contributed by atoms with Crippen LogP contribution >= 0.6 is 22.6 Å². The summed E-state index contributed by atoms with van der Waals surface area (Å²) in [7, 11) is 1.91. The molecule has 1 heterocycles. The van der Waals surface area contributed by atoms with E-state index in [0.717, 1.165) is 5.82 Å². The lowest BCUT2D eigenvalue weighted by Crippen LogP contribution is -2.05. The van der Waals surface area contributed by atoms with Crippen molar-refractivity contribution in [3.8, 4) is 0 Å². The van der Waals surface area contributed by atoms with Gasteiger partial charge in [0.15, 0.2) is 0 Å². The van der Waals surface area contributed by atoms with Crippen LogP contribution in [0.5, 0.6) is 0 Å². The van der Waals surface area contributed by atoms with Crippen LogP contribution in [0.3, 0.4) is 0 Å². The fourth-order valence-corrected chi connectivity index (χ4v) is 3.03. The van der Waals surface area contributed by atoms with Crippen LogP contribution in [0, 0.1) is 3.57 Å². The second-order valence-corrected chi connectivity index (χ2v) is 4.73. The highest BCUT2D eigenvalue weighted by atomic mass is 127. The van der Waals surface area contributed by atoms with Gasteiger partial charge in [-0.2, -0.15) is 0 Å². The minimum Gasteiger partial charge on any atom is -0.372 e. The van der Waals surface area contributed by atoms with Crippen molar-refractivity contribution in [3.05, 3.63) is 15.6 Å². The van der Waals surface area contributed by atoms with Crippen molar-refractivity contribution in [3.63, 3.8) is 0 Å². The lowest BCUT2D eigenvalue weighted by Gasteiger charge is -2.12. The van der Waals surface area contributed by atoms with E-state index < -0.39 is 0 Å². The van der Waals surface area contributed by atoms with E-state index in [9.17, 15) is 0 Å². The second kappa shape index (κ2) is 4.42. The monoisotopic (exact) mass is 303 g/mol. The summed E-state index contributed by atoms with van der Waals surface area (Å²) in [5, 5.41) is 3.10. The van der Waals surface area contributed by atoms with Crippen LogP contribution in [0.4, 0.5) is 5.82 Å². The first-order valence-corrected chi connectivity index (χ1v) is 6.09. The van der Waals surface area contributed by atoms with Crippen LogP contribution in [0.2, 0.25) is 0 Å². The van der Waals surface area contributed by atoms with Gasteiger partial charge in [-0.3, -0.25) is 0 Å². The molecule has 14 heavy (non-hydrogen) atoms. The average molecular weight is 303 g/mol. The SMILES string of the molecule is CNc1ncnc(C2CCCC2)c1I. The minimum atomic E-state index is 0.664. The summed E-state index contributed by atoms with van der Waals surface area (Å²) in [4.78, 5) is 8.61. The van der Waals surface area contributed by atoms with Gasteiger partial charge in [-0.05, 0) is 35.4 Å². The van der Waals surface area contributed by atoms with E-state index >= 15 is 0 Å². The predicted octanol–water partition coefficient (Wildman–Crippen LogP) is 2.78. The molecule has 1 N–H and O–H groups in total. The predicted molar refractivity (Wildman–Crippen MR) is 65.5 cm³/mol. The summed E-state index contributed by atoms with van der Waals surface area (Å²) >= 11 is 2.34. The molecule has 1 saturated carbocycles. The summed E-state index contributed by atoms with van der Waals surface area (Å²) in [6.07, 6.45) is 6.94. The van der Waals surface area contributed by atoms with Gasteiger partial charge in [-0.1, -0.05) is 12.8 Å². The molecule has 0 spiro atoms. The topological polar surface area (TPSA) is 37.8 Å². The molecule has 0 unspecified atom stereocenters. The third kappa shape index (κ3) is 1.85. The van der Waals surface area contributed by atoms with Gasteiger partial charge in [0.2, 0.25) is 0 Å². The van der Waals surface area contributed by atoms with Crippen molar-refractivity contribution in [1.29, 1.82) is 0 Å². The number of nitrogens with one attached hydrogen (secondary N) is 1. The molecule has 0 amide bonds. The highest BCUT2D eigenvalue weighted by molar-refractivity contribution is 14.1. The van der Waals surface area contributed by atoms with Crippen molar-refractivity contribution in [2.75, 3.05) is 12.4 Å². The van der Waals surface area contributed by atoms with Crippen molar-refractivity contribution in [2.45, 2.75) is 31.6 Å². The molecule has 0 atom stereocenters. The van der Waals surface area contributed by atoms with Crippen LogP contribution < -0.4 is 5.32 Å². The molecular weight excluding hydrogens is 289 g/mol. The normalized spacial score (nSPS) is 17.3. The van der Waals surface area contributed by atoms with E-state index in [1.54, 1.807) is 6.33 Å². The Morgan fingerprint density at radius 3 is 2.71 bits per heavy atom. The number of hydrogen-bond acceptors (Lipinski definition) is 3. The third-order valence-corrected chi connectivity index (χ3v) is 3.86. The van der Waals surface area contributed by atoms with E-state index in [1.807, 2.05) is 7.05 Å². The molecule has 0 aromatic carbocycles. The van der Waals surface area contributed by atoms with Gasteiger partial charge >= 0.3 is 0 Å². The fraction of sp³-hybridized carbons (Fsp3) is 0.600. The molecule has 1 aliphatic rings. The van der Waals surface area contributed by atoms with Crippen LogP contribution in [-0.2, 0) is 0 Å². The largest absolute Gasteiger partial charge is 0.372 e. The van der Waals surface area contributed by atoms with Crippen molar-refractivity contribution >= 4 is 28.4 Å². The zero-order valence-electron chi connectivity index (χ0n) is 8.26. The minimum absolute atomic E-state index is 0.664. The number of anilines is 1. The van der Waals surface area contributed by atoms with Gasteiger partial charge in [-0.25, -0.2) is 9.97 Å². The number of nitrogens with zero attached hydrogens (tertiary/aromatic N) is 2. The zero-order valence-corrected chi connectivity index (χ0v) is 10.4. The lowest BCUT2D eigenvalue weighted by molar-refractivity contribution is 0.689. The summed E-state index contributed by atoms with van der Waals surface area (Å²) in [6.45, 7) is 0. The Balaban J connectivity index is 2.32. The Labute approximate surface area is 97.9 Å². The number of halogens is 1. The first-order valence-electron chi connectivity index (χ1n) is 5.01. The first kappa shape index (κ1) is 10.1. The molecule has 1 aromatic heterocycles. The number of hydrogen-bond donors (Lipinski definition) is 1. The summed E-state index contributed by atoms with van der Waals surface area (Å²) in [6, 6.07) is 0. The Morgan fingerprint density at radius 1 is 1.36 bits per heavy atom. The van der Waals surface area contributed by atoms with E-state index in [-0.39, 0.29) is 0 Å². The molecule has 76 valence electrons. The number of rotatable bonds is 2. The molecule has 3 nitrogen and oxygen atoms in total. The molecular formula is C10H14IN3. The smallest absolute Gasteiger partial charge is 0.142 e. The first-order chi connectivity index (χ1) is 6.83. The maximum Gasteiger partial charge on any atom is 0.142 e. The van der Waals surface area contributed by atoms with Crippen LogP contribution in [-0.4, -0.2) is 17.0 Å². The molecule has 0 aliphatic heterocycles. The molecule has 0 saturated heterocycles. The van der Waals surface area contributed by atoms with Crippen LogP contribution in [0.15, 0.2) is 6.33 Å². The Kier molecular flexibility index (Phi) is 3.20. The standard InChI is InChI=1S/C10H14IN3/c1-12-10-8(11)9(13-6-14-10)7-4-2-3-5-7/h6-7H,2-5H2,1H3,(H,12,13,14).